The smallest absolute Gasteiger partial charge is 0.216 e. The monoisotopic (exact) mass is 242 g/mol. The van der Waals surface area contributed by atoms with Gasteiger partial charge in [0.1, 0.15) is 10.6 Å². The molecule has 1 heterocycles. The Morgan fingerprint density at radius 3 is 2.62 bits per heavy atom. The van der Waals surface area contributed by atoms with Gasteiger partial charge in [-0.3, -0.25) is 4.98 Å². The topological polar surface area (TPSA) is 98.0 Å². The fraction of sp³-hybridized carbons (Fsp3) is 0.556. The van der Waals surface area contributed by atoms with Gasteiger partial charge in [0.25, 0.3) is 0 Å². The molecule has 1 aromatic rings. The fourth-order valence-corrected chi connectivity index (χ4v) is 2.91. The van der Waals surface area contributed by atoms with Crippen molar-refractivity contribution in [2.75, 3.05) is 11.9 Å². The van der Waals surface area contributed by atoms with E-state index in [1.807, 2.05) is 0 Å². The molecule has 2 rings (SSSR count). The number of nitrogens with two attached hydrogens (primary N) is 1. The molecule has 16 heavy (non-hydrogen) atoms. The largest absolute Gasteiger partial charge is 0.367 e. The molecule has 6 nitrogen and oxygen atoms in total. The summed E-state index contributed by atoms with van der Waals surface area (Å²) >= 11 is 0. The predicted octanol–water partition coefficient (Wildman–Crippen LogP) is 0.0997. The molecule has 88 valence electrons. The van der Waals surface area contributed by atoms with Gasteiger partial charge in [-0.15, -0.1) is 0 Å². The summed E-state index contributed by atoms with van der Waals surface area (Å²) < 4.78 is 22.1. The molecule has 1 fully saturated rings. The molecule has 0 aromatic carbocycles. The lowest BCUT2D eigenvalue weighted by atomic mass is 9.84. The Morgan fingerprint density at radius 2 is 2.19 bits per heavy atom. The first-order chi connectivity index (χ1) is 7.54. The third-order valence-corrected chi connectivity index (χ3v) is 4.78. The normalized spacial score (nSPS) is 18.8. The first-order valence-corrected chi connectivity index (χ1v) is 6.60. The van der Waals surface area contributed by atoms with E-state index in [4.69, 9.17) is 5.14 Å². The maximum atomic E-state index is 11.5. The van der Waals surface area contributed by atoms with Crippen molar-refractivity contribution in [2.45, 2.75) is 24.0 Å². The average Bonchev–Trinajstić information content (AvgIpc) is 2.15. The van der Waals surface area contributed by atoms with Crippen LogP contribution in [0.15, 0.2) is 18.6 Å². The van der Waals surface area contributed by atoms with Crippen molar-refractivity contribution < 1.29 is 8.42 Å². The van der Waals surface area contributed by atoms with Crippen LogP contribution in [0.4, 0.5) is 5.82 Å². The number of nitrogens with zero attached hydrogens (tertiary/aromatic N) is 2. The molecule has 1 aromatic heterocycles. The minimum atomic E-state index is -3.51. The zero-order valence-electron chi connectivity index (χ0n) is 8.76. The van der Waals surface area contributed by atoms with Gasteiger partial charge in [0.2, 0.25) is 10.0 Å². The third-order valence-electron chi connectivity index (χ3n) is 3.02. The standard InChI is InChI=1S/C9H14N4O2S/c10-16(14,15)9(2-1-3-9)7-13-8-6-11-4-5-12-8/h4-6H,1-3,7H2,(H,12,13)(H2,10,14,15). The van der Waals surface area contributed by atoms with Crippen LogP contribution < -0.4 is 10.5 Å². The summed E-state index contributed by atoms with van der Waals surface area (Å²) in [4.78, 5) is 7.90. The number of nitrogens with one attached hydrogen (secondary N) is 1. The quantitative estimate of drug-likeness (QED) is 0.780. The number of aromatic nitrogens is 2. The van der Waals surface area contributed by atoms with Crippen molar-refractivity contribution in [3.05, 3.63) is 18.6 Å². The first kappa shape index (κ1) is 11.3. The highest BCUT2D eigenvalue weighted by molar-refractivity contribution is 7.90. The number of anilines is 1. The molecule has 3 N–H and O–H groups in total. The van der Waals surface area contributed by atoms with E-state index >= 15 is 0 Å². The molecule has 0 spiro atoms. The van der Waals surface area contributed by atoms with Gasteiger partial charge >= 0.3 is 0 Å². The van der Waals surface area contributed by atoms with E-state index in [1.54, 1.807) is 18.6 Å². The molecule has 0 aliphatic heterocycles. The van der Waals surface area contributed by atoms with Crippen LogP contribution in [0.5, 0.6) is 0 Å². The van der Waals surface area contributed by atoms with Crippen LogP contribution in [0, 0.1) is 0 Å². The van der Waals surface area contributed by atoms with Crippen molar-refractivity contribution in [3.8, 4) is 0 Å². The van der Waals surface area contributed by atoms with Crippen LogP contribution in [0.1, 0.15) is 19.3 Å². The third kappa shape index (κ3) is 2.00. The SMILES string of the molecule is NS(=O)(=O)C1(CNc2cnccn2)CCC1. The van der Waals surface area contributed by atoms with E-state index in [9.17, 15) is 8.42 Å². The van der Waals surface area contributed by atoms with E-state index in [2.05, 4.69) is 15.3 Å². The highest BCUT2D eigenvalue weighted by Gasteiger charge is 2.46. The Morgan fingerprint density at radius 1 is 1.44 bits per heavy atom. The molecule has 1 aliphatic rings. The van der Waals surface area contributed by atoms with E-state index in [1.165, 1.54) is 0 Å². The van der Waals surface area contributed by atoms with Crippen molar-refractivity contribution in [2.24, 2.45) is 5.14 Å². The second kappa shape index (κ2) is 3.99. The molecule has 0 atom stereocenters. The zero-order valence-corrected chi connectivity index (χ0v) is 9.57. The Hall–Kier alpha value is -1.21. The van der Waals surface area contributed by atoms with Gasteiger partial charge in [0.15, 0.2) is 0 Å². The number of sulfonamides is 1. The lowest BCUT2D eigenvalue weighted by molar-refractivity contribution is 0.351. The van der Waals surface area contributed by atoms with Crippen molar-refractivity contribution in [1.82, 2.24) is 9.97 Å². The molecule has 0 radical (unpaired) electrons. The minimum Gasteiger partial charge on any atom is -0.367 e. The molecule has 0 amide bonds. The molecule has 0 saturated heterocycles. The van der Waals surface area contributed by atoms with E-state index in [-0.39, 0.29) is 0 Å². The van der Waals surface area contributed by atoms with E-state index in [0.717, 1.165) is 6.42 Å². The van der Waals surface area contributed by atoms with E-state index in [0.29, 0.717) is 25.2 Å². The lowest BCUT2D eigenvalue weighted by Crippen LogP contribution is -2.53. The summed E-state index contributed by atoms with van der Waals surface area (Å²) in [6.07, 6.45) is 6.78. The average molecular weight is 242 g/mol. The number of primary sulfonamides is 1. The van der Waals surface area contributed by atoms with Gasteiger partial charge in [-0.2, -0.15) is 0 Å². The summed E-state index contributed by atoms with van der Waals surface area (Å²) in [5.74, 6) is 0.567. The summed E-state index contributed by atoms with van der Waals surface area (Å²) in [6, 6.07) is 0. The molecule has 0 bridgehead atoms. The fourth-order valence-electron chi connectivity index (χ4n) is 1.78. The summed E-state index contributed by atoms with van der Waals surface area (Å²) in [5.41, 5.74) is 0. The van der Waals surface area contributed by atoms with Gasteiger partial charge in [0, 0.05) is 18.9 Å². The van der Waals surface area contributed by atoms with Gasteiger partial charge in [-0.05, 0) is 12.8 Å². The molecular formula is C9H14N4O2S. The van der Waals surface area contributed by atoms with Crippen molar-refractivity contribution >= 4 is 15.8 Å². The Labute approximate surface area is 94.3 Å². The highest BCUT2D eigenvalue weighted by Crippen LogP contribution is 2.37. The van der Waals surface area contributed by atoms with E-state index < -0.39 is 14.8 Å². The van der Waals surface area contributed by atoms with Crippen molar-refractivity contribution in [3.63, 3.8) is 0 Å². The van der Waals surface area contributed by atoms with Crippen LogP contribution in [0.25, 0.3) is 0 Å². The molecule has 1 aliphatic carbocycles. The Balaban J connectivity index is 2.05. The summed E-state index contributed by atoms with van der Waals surface area (Å²) in [7, 11) is -3.51. The van der Waals surface area contributed by atoms with Gasteiger partial charge in [0.05, 0.1) is 6.20 Å². The second-order valence-corrected chi connectivity index (χ2v) is 5.98. The molecule has 1 saturated carbocycles. The number of hydrogen-bond acceptors (Lipinski definition) is 5. The molecular weight excluding hydrogens is 228 g/mol. The summed E-state index contributed by atoms with van der Waals surface area (Å²) in [6.45, 7) is 0.296. The maximum absolute atomic E-state index is 11.5. The predicted molar refractivity (Wildman–Crippen MR) is 60.2 cm³/mol. The van der Waals surface area contributed by atoms with Crippen LogP contribution in [0.2, 0.25) is 0 Å². The Kier molecular flexibility index (Phi) is 2.81. The van der Waals surface area contributed by atoms with Crippen LogP contribution in [0.3, 0.4) is 0 Å². The number of rotatable bonds is 4. The second-order valence-electron chi connectivity index (χ2n) is 4.03. The summed E-state index contributed by atoms with van der Waals surface area (Å²) in [5, 5.41) is 8.20. The molecule has 0 unspecified atom stereocenters. The lowest BCUT2D eigenvalue weighted by Gasteiger charge is -2.39. The first-order valence-electron chi connectivity index (χ1n) is 5.06. The van der Waals surface area contributed by atoms with Crippen molar-refractivity contribution in [1.29, 1.82) is 0 Å². The molecule has 7 heteroatoms. The maximum Gasteiger partial charge on any atom is 0.216 e. The van der Waals surface area contributed by atoms with Gasteiger partial charge < -0.3 is 5.32 Å². The highest BCUT2D eigenvalue weighted by atomic mass is 32.2. The minimum absolute atomic E-state index is 0.296. The van der Waals surface area contributed by atoms with Gasteiger partial charge in [-0.25, -0.2) is 18.5 Å². The van der Waals surface area contributed by atoms with Crippen LogP contribution >= 0.6 is 0 Å². The van der Waals surface area contributed by atoms with Gasteiger partial charge in [-0.1, -0.05) is 6.42 Å². The Bertz CT molecular complexity index is 456. The van der Waals surface area contributed by atoms with Crippen LogP contribution in [-0.4, -0.2) is 29.7 Å². The number of hydrogen-bond donors (Lipinski definition) is 2. The van der Waals surface area contributed by atoms with Crippen LogP contribution in [-0.2, 0) is 10.0 Å². The zero-order chi connectivity index (χ0) is 11.6.